The SMILES string of the molecule is C=CCCC(C)(C(=O)OC)N1CCNCC1. The van der Waals surface area contributed by atoms with Crippen LogP contribution in [0.5, 0.6) is 0 Å². The summed E-state index contributed by atoms with van der Waals surface area (Å²) in [5, 5.41) is 3.29. The quantitative estimate of drug-likeness (QED) is 0.556. The van der Waals surface area contributed by atoms with Crippen molar-refractivity contribution in [2.24, 2.45) is 0 Å². The molecule has 1 rings (SSSR count). The Balaban J connectivity index is 2.74. The van der Waals surface area contributed by atoms with Crippen LogP contribution < -0.4 is 5.32 Å². The fourth-order valence-electron chi connectivity index (χ4n) is 2.15. The molecule has 0 spiro atoms. The zero-order chi connectivity index (χ0) is 12.0. The number of allylic oxidation sites excluding steroid dienone is 1. The third-order valence-corrected chi connectivity index (χ3v) is 3.28. The van der Waals surface area contributed by atoms with Crippen LogP contribution in [-0.4, -0.2) is 49.7 Å². The van der Waals surface area contributed by atoms with Crippen molar-refractivity contribution in [2.45, 2.75) is 25.3 Å². The van der Waals surface area contributed by atoms with Crippen LogP contribution >= 0.6 is 0 Å². The first kappa shape index (κ1) is 13.2. The number of ether oxygens (including phenoxy) is 1. The van der Waals surface area contributed by atoms with E-state index >= 15 is 0 Å². The van der Waals surface area contributed by atoms with E-state index in [0.29, 0.717) is 0 Å². The number of nitrogens with zero attached hydrogens (tertiary/aromatic N) is 1. The number of carbonyl (C=O) groups excluding carboxylic acids is 1. The van der Waals surface area contributed by atoms with Crippen LogP contribution in [0.4, 0.5) is 0 Å². The molecule has 1 unspecified atom stereocenters. The summed E-state index contributed by atoms with van der Waals surface area (Å²) in [6.07, 6.45) is 3.45. The maximum Gasteiger partial charge on any atom is 0.326 e. The first-order valence-corrected chi connectivity index (χ1v) is 5.80. The van der Waals surface area contributed by atoms with Gasteiger partial charge in [-0.05, 0) is 19.8 Å². The normalized spacial score (nSPS) is 21.1. The van der Waals surface area contributed by atoms with E-state index < -0.39 is 5.54 Å². The Morgan fingerprint density at radius 1 is 1.56 bits per heavy atom. The molecule has 1 N–H and O–H groups in total. The number of methoxy groups -OCH3 is 1. The lowest BCUT2D eigenvalue weighted by Crippen LogP contribution is -2.58. The van der Waals surface area contributed by atoms with Crippen molar-refractivity contribution < 1.29 is 9.53 Å². The van der Waals surface area contributed by atoms with Crippen molar-refractivity contribution in [2.75, 3.05) is 33.3 Å². The molecule has 0 bridgehead atoms. The topological polar surface area (TPSA) is 41.6 Å². The van der Waals surface area contributed by atoms with E-state index in [1.807, 2.05) is 13.0 Å². The molecule has 92 valence electrons. The Hall–Kier alpha value is -0.870. The van der Waals surface area contributed by atoms with Crippen molar-refractivity contribution in [1.29, 1.82) is 0 Å². The number of piperazine rings is 1. The Kier molecular flexibility index (Phi) is 4.96. The number of hydrogen-bond acceptors (Lipinski definition) is 4. The minimum atomic E-state index is -0.509. The molecule has 0 aromatic heterocycles. The lowest BCUT2D eigenvalue weighted by molar-refractivity contribution is -0.155. The Morgan fingerprint density at radius 3 is 2.69 bits per heavy atom. The number of hydrogen-bond donors (Lipinski definition) is 1. The van der Waals surface area contributed by atoms with Gasteiger partial charge in [-0.1, -0.05) is 6.08 Å². The molecule has 4 nitrogen and oxygen atoms in total. The second kappa shape index (κ2) is 6.01. The van der Waals surface area contributed by atoms with E-state index in [-0.39, 0.29) is 5.97 Å². The van der Waals surface area contributed by atoms with Crippen LogP contribution in [0.15, 0.2) is 12.7 Å². The molecular weight excluding hydrogens is 204 g/mol. The molecule has 0 amide bonds. The van der Waals surface area contributed by atoms with Gasteiger partial charge < -0.3 is 10.1 Å². The monoisotopic (exact) mass is 226 g/mol. The molecule has 0 aromatic rings. The van der Waals surface area contributed by atoms with Crippen molar-refractivity contribution in [1.82, 2.24) is 10.2 Å². The van der Waals surface area contributed by atoms with E-state index in [4.69, 9.17) is 4.74 Å². The molecule has 4 heteroatoms. The summed E-state index contributed by atoms with van der Waals surface area (Å²) in [6.45, 7) is 9.32. The zero-order valence-corrected chi connectivity index (χ0v) is 10.3. The van der Waals surface area contributed by atoms with Crippen LogP contribution in [0.3, 0.4) is 0 Å². The smallest absolute Gasteiger partial charge is 0.326 e. The molecule has 0 aliphatic carbocycles. The molecule has 0 aromatic carbocycles. The van der Waals surface area contributed by atoms with E-state index in [0.717, 1.165) is 39.0 Å². The second-order valence-corrected chi connectivity index (χ2v) is 4.33. The van der Waals surface area contributed by atoms with Gasteiger partial charge in [0.15, 0.2) is 0 Å². The summed E-state index contributed by atoms with van der Waals surface area (Å²) in [6, 6.07) is 0. The van der Waals surface area contributed by atoms with Gasteiger partial charge in [-0.15, -0.1) is 6.58 Å². The minimum absolute atomic E-state index is 0.142. The molecule has 1 atom stereocenters. The number of esters is 1. The van der Waals surface area contributed by atoms with Crippen molar-refractivity contribution in [3.63, 3.8) is 0 Å². The Bertz CT molecular complexity index is 249. The summed E-state index contributed by atoms with van der Waals surface area (Å²) < 4.78 is 4.93. The van der Waals surface area contributed by atoms with Gasteiger partial charge in [-0.25, -0.2) is 0 Å². The van der Waals surface area contributed by atoms with Gasteiger partial charge in [-0.3, -0.25) is 9.69 Å². The first-order chi connectivity index (χ1) is 7.65. The maximum atomic E-state index is 11.9. The maximum absolute atomic E-state index is 11.9. The van der Waals surface area contributed by atoms with Crippen LogP contribution in [0.25, 0.3) is 0 Å². The fraction of sp³-hybridized carbons (Fsp3) is 0.750. The van der Waals surface area contributed by atoms with E-state index in [1.165, 1.54) is 7.11 Å². The van der Waals surface area contributed by atoms with Crippen LogP contribution in [0.1, 0.15) is 19.8 Å². The van der Waals surface area contributed by atoms with E-state index in [9.17, 15) is 4.79 Å². The van der Waals surface area contributed by atoms with Gasteiger partial charge in [0, 0.05) is 26.2 Å². The van der Waals surface area contributed by atoms with Gasteiger partial charge >= 0.3 is 5.97 Å². The van der Waals surface area contributed by atoms with Crippen LogP contribution in [0.2, 0.25) is 0 Å². The number of carbonyl (C=O) groups is 1. The summed E-state index contributed by atoms with van der Waals surface area (Å²) >= 11 is 0. The highest BCUT2D eigenvalue weighted by Gasteiger charge is 2.40. The largest absolute Gasteiger partial charge is 0.468 e. The number of rotatable bonds is 5. The predicted octanol–water partition coefficient (Wildman–Crippen LogP) is 0.790. The summed E-state index contributed by atoms with van der Waals surface area (Å²) in [5.74, 6) is -0.142. The molecule has 1 aliphatic heterocycles. The van der Waals surface area contributed by atoms with Crippen LogP contribution in [-0.2, 0) is 9.53 Å². The predicted molar refractivity (Wildman–Crippen MR) is 64.3 cm³/mol. The molecule has 1 fully saturated rings. The summed E-state index contributed by atoms with van der Waals surface area (Å²) in [7, 11) is 1.46. The average Bonchev–Trinajstić information content (AvgIpc) is 2.36. The van der Waals surface area contributed by atoms with Crippen LogP contribution in [0, 0.1) is 0 Å². The molecular formula is C12H22N2O2. The molecule has 16 heavy (non-hydrogen) atoms. The minimum Gasteiger partial charge on any atom is -0.468 e. The molecule has 1 heterocycles. The van der Waals surface area contributed by atoms with Gasteiger partial charge in [0.2, 0.25) is 0 Å². The van der Waals surface area contributed by atoms with Crippen molar-refractivity contribution >= 4 is 5.97 Å². The van der Waals surface area contributed by atoms with Crippen molar-refractivity contribution in [3.05, 3.63) is 12.7 Å². The summed E-state index contributed by atoms with van der Waals surface area (Å²) in [4.78, 5) is 14.1. The highest BCUT2D eigenvalue weighted by Crippen LogP contribution is 2.23. The Morgan fingerprint density at radius 2 is 2.19 bits per heavy atom. The van der Waals surface area contributed by atoms with Crippen molar-refractivity contribution in [3.8, 4) is 0 Å². The van der Waals surface area contributed by atoms with E-state index in [1.54, 1.807) is 0 Å². The Labute approximate surface area is 97.6 Å². The molecule has 1 saturated heterocycles. The van der Waals surface area contributed by atoms with Gasteiger partial charge in [0.05, 0.1) is 7.11 Å². The molecule has 1 aliphatic rings. The lowest BCUT2D eigenvalue weighted by Gasteiger charge is -2.41. The fourth-order valence-corrected chi connectivity index (χ4v) is 2.15. The zero-order valence-electron chi connectivity index (χ0n) is 10.3. The number of nitrogens with one attached hydrogen (secondary N) is 1. The second-order valence-electron chi connectivity index (χ2n) is 4.33. The van der Waals surface area contributed by atoms with E-state index in [2.05, 4.69) is 16.8 Å². The molecule has 0 radical (unpaired) electrons. The third kappa shape index (κ3) is 2.83. The average molecular weight is 226 g/mol. The highest BCUT2D eigenvalue weighted by atomic mass is 16.5. The summed E-state index contributed by atoms with van der Waals surface area (Å²) in [5.41, 5.74) is -0.509. The van der Waals surface area contributed by atoms with Gasteiger partial charge in [-0.2, -0.15) is 0 Å². The lowest BCUT2D eigenvalue weighted by atomic mass is 9.92. The standard InChI is InChI=1S/C12H22N2O2/c1-4-5-6-12(2,11(15)16-3)14-9-7-13-8-10-14/h4,13H,1,5-10H2,2-3H3. The van der Waals surface area contributed by atoms with Gasteiger partial charge in [0.1, 0.15) is 5.54 Å². The van der Waals surface area contributed by atoms with Gasteiger partial charge in [0.25, 0.3) is 0 Å². The highest BCUT2D eigenvalue weighted by molar-refractivity contribution is 5.80. The first-order valence-electron chi connectivity index (χ1n) is 5.80. The molecule has 0 saturated carbocycles. The third-order valence-electron chi connectivity index (χ3n) is 3.28.